The fourth-order valence-electron chi connectivity index (χ4n) is 4.65. The number of amides is 1. The van der Waals surface area contributed by atoms with Gasteiger partial charge in [0, 0.05) is 28.8 Å². The molecule has 1 heterocycles. The van der Waals surface area contributed by atoms with Crippen LogP contribution in [0.5, 0.6) is 11.5 Å². The number of sulfonamides is 1. The van der Waals surface area contributed by atoms with Crippen molar-refractivity contribution in [2.45, 2.75) is 37.8 Å². The normalized spacial score (nSPS) is 16.8. The third kappa shape index (κ3) is 6.15. The number of benzene rings is 3. The van der Waals surface area contributed by atoms with Crippen LogP contribution in [0.25, 0.3) is 5.57 Å². The molecule has 0 spiro atoms. The third-order valence-electron chi connectivity index (χ3n) is 6.49. The number of carboxylic acid groups (broad SMARTS) is 1. The van der Waals surface area contributed by atoms with Gasteiger partial charge in [-0.15, -0.1) is 5.92 Å². The molecule has 3 aromatic carbocycles. The van der Waals surface area contributed by atoms with Crippen LogP contribution in [0, 0.1) is 11.8 Å². The van der Waals surface area contributed by atoms with Gasteiger partial charge in [-0.05, 0) is 74.9 Å². The molecule has 0 aromatic heterocycles. The predicted molar refractivity (Wildman–Crippen MR) is 151 cm³/mol. The van der Waals surface area contributed by atoms with Crippen molar-refractivity contribution >= 4 is 27.4 Å². The topological polar surface area (TPSA) is 102 Å². The quantitative estimate of drug-likeness (QED) is 0.261. The Labute approximate surface area is 229 Å². The average molecular weight is 548 g/mol. The summed E-state index contributed by atoms with van der Waals surface area (Å²) >= 11 is 0. The van der Waals surface area contributed by atoms with Crippen molar-refractivity contribution in [2.24, 2.45) is 0 Å². The first-order valence-corrected chi connectivity index (χ1v) is 13.9. The fraction of sp³-hybridized carbons (Fsp3) is 0.233. The molecule has 9 heteroatoms. The molecular weight excluding hydrogens is 516 g/mol. The molecule has 8 nitrogen and oxygen atoms in total. The number of para-hydroxylation sites is 1. The van der Waals surface area contributed by atoms with Gasteiger partial charge in [0.15, 0.2) is 5.69 Å². The van der Waals surface area contributed by atoms with Crippen LogP contribution >= 0.6 is 0 Å². The summed E-state index contributed by atoms with van der Waals surface area (Å²) in [7, 11) is -2.24. The van der Waals surface area contributed by atoms with Gasteiger partial charge < -0.3 is 14.6 Å². The van der Waals surface area contributed by atoms with Gasteiger partial charge in [-0.2, -0.15) is 9.28 Å². The molecule has 1 aliphatic heterocycles. The zero-order valence-electron chi connectivity index (χ0n) is 22.0. The SMILES string of the molecule is CC#CCOc1ccc(S(=O)(=O)N[C@H](C)CC2=C[N+](Cc3ccc(OC)cc3)(C(=O)O)c3ccccc32)cc1. The number of hydrogen-bond acceptors (Lipinski definition) is 5. The molecule has 0 saturated carbocycles. The monoisotopic (exact) mass is 547 g/mol. The van der Waals surface area contributed by atoms with E-state index in [1.54, 1.807) is 57.5 Å². The van der Waals surface area contributed by atoms with Gasteiger partial charge in [0.2, 0.25) is 10.0 Å². The predicted octanol–water partition coefficient (Wildman–Crippen LogP) is 5.39. The lowest BCUT2D eigenvalue weighted by molar-refractivity contribution is 0.162. The van der Waals surface area contributed by atoms with E-state index in [9.17, 15) is 18.3 Å². The van der Waals surface area contributed by atoms with E-state index < -0.39 is 26.6 Å². The van der Waals surface area contributed by atoms with E-state index in [-0.39, 0.29) is 18.0 Å². The number of ether oxygens (including phenoxy) is 2. The fourth-order valence-corrected chi connectivity index (χ4v) is 5.89. The zero-order chi connectivity index (χ0) is 28.0. The maximum Gasteiger partial charge on any atom is 0.523 e. The highest BCUT2D eigenvalue weighted by molar-refractivity contribution is 7.89. The minimum atomic E-state index is -3.81. The molecule has 0 aliphatic carbocycles. The number of carbonyl (C=O) groups is 1. The van der Waals surface area contributed by atoms with E-state index >= 15 is 0 Å². The van der Waals surface area contributed by atoms with Gasteiger partial charge in [0.1, 0.15) is 30.9 Å². The minimum absolute atomic E-state index is 0.110. The number of nitrogens with zero attached hydrogens (tertiary/aromatic N) is 1. The van der Waals surface area contributed by atoms with Crippen molar-refractivity contribution < 1.29 is 27.8 Å². The van der Waals surface area contributed by atoms with Gasteiger partial charge in [0.25, 0.3) is 0 Å². The Bertz CT molecular complexity index is 1540. The highest BCUT2D eigenvalue weighted by Gasteiger charge is 2.46. The van der Waals surface area contributed by atoms with Crippen molar-refractivity contribution in [3.8, 4) is 23.3 Å². The Hall–Kier alpha value is -4.10. The first-order valence-electron chi connectivity index (χ1n) is 12.4. The third-order valence-corrected chi connectivity index (χ3v) is 8.10. The molecule has 39 heavy (non-hydrogen) atoms. The lowest BCUT2D eigenvalue weighted by Crippen LogP contribution is -2.46. The summed E-state index contributed by atoms with van der Waals surface area (Å²) in [6.07, 6.45) is 1.00. The second-order valence-corrected chi connectivity index (χ2v) is 11.0. The Kier molecular flexibility index (Phi) is 8.41. The van der Waals surface area contributed by atoms with Crippen LogP contribution < -0.4 is 18.7 Å². The summed E-state index contributed by atoms with van der Waals surface area (Å²) in [6.45, 7) is 3.90. The lowest BCUT2D eigenvalue weighted by atomic mass is 10.0. The number of quaternary nitrogens is 1. The van der Waals surface area contributed by atoms with Crippen molar-refractivity contribution in [3.05, 3.63) is 90.1 Å². The van der Waals surface area contributed by atoms with Crippen LogP contribution in [0.4, 0.5) is 10.5 Å². The van der Waals surface area contributed by atoms with Crippen LogP contribution in [-0.2, 0) is 16.6 Å². The van der Waals surface area contributed by atoms with Crippen LogP contribution in [0.3, 0.4) is 0 Å². The van der Waals surface area contributed by atoms with Crippen LogP contribution in [0.1, 0.15) is 31.4 Å². The van der Waals surface area contributed by atoms with E-state index in [1.807, 2.05) is 30.3 Å². The molecule has 1 unspecified atom stereocenters. The largest absolute Gasteiger partial charge is 0.523 e. The molecule has 0 radical (unpaired) electrons. The maximum atomic E-state index is 13.1. The highest BCUT2D eigenvalue weighted by atomic mass is 32.2. The molecule has 2 atom stereocenters. The zero-order valence-corrected chi connectivity index (χ0v) is 22.9. The first kappa shape index (κ1) is 27.9. The summed E-state index contributed by atoms with van der Waals surface area (Å²) in [5.41, 5.74) is 3.01. The Morgan fingerprint density at radius 2 is 1.69 bits per heavy atom. The van der Waals surface area contributed by atoms with E-state index in [0.29, 0.717) is 23.6 Å². The molecular formula is C30H31N2O6S+. The molecule has 1 amide bonds. The van der Waals surface area contributed by atoms with E-state index in [2.05, 4.69) is 16.6 Å². The molecule has 0 saturated heterocycles. The summed E-state index contributed by atoms with van der Waals surface area (Å²) in [4.78, 5) is 12.9. The van der Waals surface area contributed by atoms with Gasteiger partial charge in [-0.1, -0.05) is 18.1 Å². The molecule has 2 N–H and O–H groups in total. The Morgan fingerprint density at radius 1 is 1.03 bits per heavy atom. The number of nitrogens with one attached hydrogen (secondary N) is 1. The van der Waals surface area contributed by atoms with Crippen LogP contribution in [0.15, 0.2) is 83.9 Å². The molecule has 0 bridgehead atoms. The second kappa shape index (κ2) is 11.7. The van der Waals surface area contributed by atoms with Gasteiger partial charge >= 0.3 is 6.09 Å². The summed E-state index contributed by atoms with van der Waals surface area (Å²) < 4.78 is 39.1. The summed E-state index contributed by atoms with van der Waals surface area (Å²) in [5.74, 6) is 6.74. The Morgan fingerprint density at radius 3 is 2.33 bits per heavy atom. The Balaban J connectivity index is 1.55. The standard InChI is InChI=1S/C30H30N2O6S/c1-4-5-18-38-26-14-16-27(17-15-26)39(35,36)31-22(2)19-24-21-32(30(33)34,29-9-7-6-8-28(24)29)20-23-10-12-25(37-3)13-11-23/h6-17,21-22,31H,18-20H2,1-3H3/p+1/t22-,32?/m1/s1. The highest BCUT2D eigenvalue weighted by Crippen LogP contribution is 2.44. The van der Waals surface area contributed by atoms with Crippen LogP contribution in [0.2, 0.25) is 0 Å². The van der Waals surface area contributed by atoms with Gasteiger partial charge in [-0.25, -0.2) is 13.1 Å². The average Bonchev–Trinajstić information content (AvgIpc) is 3.23. The molecule has 1 aliphatic rings. The lowest BCUT2D eigenvalue weighted by Gasteiger charge is -2.26. The van der Waals surface area contributed by atoms with Crippen molar-refractivity contribution in [2.75, 3.05) is 13.7 Å². The molecule has 4 rings (SSSR count). The molecule has 3 aromatic rings. The molecule has 0 fully saturated rings. The number of rotatable bonds is 10. The number of methoxy groups -OCH3 is 1. The number of fused-ring (bicyclic) bond motifs is 1. The van der Waals surface area contributed by atoms with Gasteiger partial charge in [0.05, 0.1) is 12.0 Å². The van der Waals surface area contributed by atoms with Gasteiger partial charge in [-0.3, -0.25) is 0 Å². The first-order chi connectivity index (χ1) is 18.7. The maximum absolute atomic E-state index is 13.1. The summed E-state index contributed by atoms with van der Waals surface area (Å²) in [5, 5.41) is 10.4. The number of hydrogen-bond donors (Lipinski definition) is 2. The van der Waals surface area contributed by atoms with E-state index in [1.165, 1.54) is 12.1 Å². The van der Waals surface area contributed by atoms with E-state index in [0.717, 1.165) is 16.7 Å². The van der Waals surface area contributed by atoms with E-state index in [4.69, 9.17) is 9.47 Å². The minimum Gasteiger partial charge on any atom is -0.497 e. The van der Waals surface area contributed by atoms with Crippen molar-refractivity contribution in [1.29, 1.82) is 0 Å². The van der Waals surface area contributed by atoms with Crippen LogP contribution in [-0.4, -0.2) is 39.4 Å². The summed E-state index contributed by atoms with van der Waals surface area (Å²) in [6, 6.07) is 20.3. The molecule has 202 valence electrons. The van der Waals surface area contributed by atoms with Crippen molar-refractivity contribution in [3.63, 3.8) is 0 Å². The second-order valence-electron chi connectivity index (χ2n) is 9.24. The van der Waals surface area contributed by atoms with Crippen molar-refractivity contribution in [1.82, 2.24) is 9.21 Å². The smallest absolute Gasteiger partial charge is 0.497 e.